The molecule has 2 heterocycles. The van der Waals surface area contributed by atoms with Gasteiger partial charge in [0, 0.05) is 30.2 Å². The number of hydrogen-bond acceptors (Lipinski definition) is 6. The number of aliphatic imine (C=N–C) groups is 1. The molecule has 0 saturated heterocycles. The van der Waals surface area contributed by atoms with Crippen molar-refractivity contribution in [2.75, 3.05) is 0 Å². The van der Waals surface area contributed by atoms with Gasteiger partial charge in [0.15, 0.2) is 5.69 Å². The summed E-state index contributed by atoms with van der Waals surface area (Å²) < 4.78 is 1.67. The zero-order valence-corrected chi connectivity index (χ0v) is 16.9. The van der Waals surface area contributed by atoms with Crippen LogP contribution in [0.25, 0.3) is 16.8 Å². The van der Waals surface area contributed by atoms with Crippen LogP contribution >= 0.6 is 0 Å². The average molecular weight is 408 g/mol. The third-order valence-electron chi connectivity index (χ3n) is 4.65. The van der Waals surface area contributed by atoms with Crippen LogP contribution in [0, 0.1) is 6.92 Å². The smallest absolute Gasteiger partial charge is 0.209 e. The minimum Gasteiger partial charge on any atom is -0.405 e. The van der Waals surface area contributed by atoms with E-state index < -0.39 is 0 Å². The number of hydrogen-bond donors (Lipinski definition) is 1. The zero-order chi connectivity index (χ0) is 21.6. The summed E-state index contributed by atoms with van der Waals surface area (Å²) in [6.07, 6.45) is 9.60. The van der Waals surface area contributed by atoms with Gasteiger partial charge in [0.1, 0.15) is 6.33 Å². The summed E-state index contributed by atoms with van der Waals surface area (Å²) in [4.78, 5) is 25.3. The molecule has 0 amide bonds. The van der Waals surface area contributed by atoms with Crippen molar-refractivity contribution in [3.8, 4) is 16.8 Å². The second-order valence-corrected chi connectivity index (χ2v) is 6.79. The molecule has 0 atom stereocenters. The van der Waals surface area contributed by atoms with E-state index in [-0.39, 0.29) is 11.1 Å². The highest BCUT2D eigenvalue weighted by Gasteiger charge is 2.11. The number of aryl methyl sites for hydroxylation is 1. The molecule has 4 rings (SSSR count). The topological polar surface area (TPSA) is 99.0 Å². The number of rotatable bonds is 5. The highest BCUT2D eigenvalue weighted by Crippen LogP contribution is 2.22. The summed E-state index contributed by atoms with van der Waals surface area (Å²) in [5, 5.41) is 4.56. The first-order chi connectivity index (χ1) is 15.2. The Hall–Kier alpha value is -4.39. The number of aromatic nitrogens is 4. The predicted octanol–water partition coefficient (Wildman–Crippen LogP) is 3.59. The highest BCUT2D eigenvalue weighted by atomic mass is 16.1. The number of nitrogens with zero attached hydrogens (tertiary/aromatic N) is 5. The van der Waals surface area contributed by atoms with Crippen molar-refractivity contribution >= 4 is 11.4 Å². The van der Waals surface area contributed by atoms with Crippen LogP contribution in [0.5, 0.6) is 0 Å². The van der Waals surface area contributed by atoms with Crippen molar-refractivity contribution in [3.63, 3.8) is 0 Å². The molecule has 0 saturated carbocycles. The lowest BCUT2D eigenvalue weighted by atomic mass is 10.1. The van der Waals surface area contributed by atoms with Gasteiger partial charge in [0.05, 0.1) is 17.1 Å². The van der Waals surface area contributed by atoms with E-state index in [4.69, 9.17) is 5.73 Å². The van der Waals surface area contributed by atoms with Crippen molar-refractivity contribution in [2.24, 2.45) is 10.7 Å². The maximum absolute atomic E-state index is 12.6. The van der Waals surface area contributed by atoms with Crippen LogP contribution in [0.3, 0.4) is 0 Å². The fourth-order valence-electron chi connectivity index (χ4n) is 3.16. The molecule has 0 aliphatic carbocycles. The summed E-state index contributed by atoms with van der Waals surface area (Å²) >= 11 is 0. The minimum absolute atomic E-state index is 0.216. The second-order valence-electron chi connectivity index (χ2n) is 6.79. The van der Waals surface area contributed by atoms with Crippen molar-refractivity contribution in [2.45, 2.75) is 6.92 Å². The lowest BCUT2D eigenvalue weighted by Gasteiger charge is -2.12. The predicted molar refractivity (Wildman–Crippen MR) is 122 cm³/mol. The molecule has 0 fully saturated rings. The number of benzene rings is 2. The van der Waals surface area contributed by atoms with Crippen molar-refractivity contribution in [3.05, 3.63) is 113 Å². The fourth-order valence-corrected chi connectivity index (χ4v) is 3.16. The number of para-hydroxylation sites is 1. The first kappa shape index (κ1) is 19.9. The normalized spacial score (nSPS) is 11.7. The van der Waals surface area contributed by atoms with Gasteiger partial charge >= 0.3 is 0 Å². The molecule has 152 valence electrons. The van der Waals surface area contributed by atoms with Crippen molar-refractivity contribution < 1.29 is 0 Å². The van der Waals surface area contributed by atoms with Crippen LogP contribution in [-0.4, -0.2) is 25.5 Å². The quantitative estimate of drug-likeness (QED) is 0.509. The SMILES string of the molecule is Cc1cc(-c2cncnc2)ccc1-n1ccc(=O)c(C(C=CN)=Nc2ccccc2)n1. The summed E-state index contributed by atoms with van der Waals surface area (Å²) in [5.74, 6) is 0. The van der Waals surface area contributed by atoms with Gasteiger partial charge in [0.2, 0.25) is 5.43 Å². The molecular weight excluding hydrogens is 388 g/mol. The molecule has 0 bridgehead atoms. The van der Waals surface area contributed by atoms with Crippen molar-refractivity contribution in [1.29, 1.82) is 0 Å². The Bertz CT molecular complexity index is 1310. The molecule has 2 aromatic heterocycles. The Kier molecular flexibility index (Phi) is 5.75. The summed E-state index contributed by atoms with van der Waals surface area (Å²) in [6.45, 7) is 1.99. The van der Waals surface area contributed by atoms with Crippen LogP contribution in [0.1, 0.15) is 11.3 Å². The third-order valence-corrected chi connectivity index (χ3v) is 4.65. The van der Waals surface area contributed by atoms with Crippen LogP contribution in [0.4, 0.5) is 5.69 Å². The van der Waals surface area contributed by atoms with Gasteiger partial charge < -0.3 is 5.73 Å². The highest BCUT2D eigenvalue weighted by molar-refractivity contribution is 6.08. The average Bonchev–Trinajstić information content (AvgIpc) is 2.80. The maximum Gasteiger partial charge on any atom is 0.209 e. The fraction of sp³-hybridized carbons (Fsp3) is 0.0417. The van der Waals surface area contributed by atoms with E-state index in [0.29, 0.717) is 11.4 Å². The van der Waals surface area contributed by atoms with Crippen molar-refractivity contribution in [1.82, 2.24) is 19.7 Å². The molecule has 7 nitrogen and oxygen atoms in total. The van der Waals surface area contributed by atoms with E-state index in [1.807, 2.05) is 55.5 Å². The van der Waals surface area contributed by atoms with Gasteiger partial charge in [-0.1, -0.05) is 24.3 Å². The molecule has 2 aromatic carbocycles. The van der Waals surface area contributed by atoms with E-state index in [9.17, 15) is 4.79 Å². The first-order valence-electron chi connectivity index (χ1n) is 9.64. The van der Waals surface area contributed by atoms with Crippen LogP contribution in [0.15, 0.2) is 102 Å². The van der Waals surface area contributed by atoms with Gasteiger partial charge in [-0.25, -0.2) is 19.6 Å². The van der Waals surface area contributed by atoms with Crippen LogP contribution in [-0.2, 0) is 0 Å². The van der Waals surface area contributed by atoms with Gasteiger partial charge in [-0.2, -0.15) is 5.10 Å². The number of nitrogens with two attached hydrogens (primary N) is 1. The molecule has 0 aliphatic heterocycles. The number of allylic oxidation sites excluding steroid dienone is 1. The second kappa shape index (κ2) is 8.96. The molecule has 0 spiro atoms. The standard InChI is InChI=1S/C24H20N6O/c1-17-13-18(19-14-26-16-27-15-19)7-8-22(17)30-12-10-23(31)24(29-30)21(9-11-25)28-20-5-3-2-4-6-20/h2-16H,25H2,1H3. The Labute approximate surface area is 179 Å². The first-order valence-corrected chi connectivity index (χ1v) is 9.64. The molecule has 31 heavy (non-hydrogen) atoms. The molecule has 0 unspecified atom stereocenters. The van der Waals surface area contributed by atoms with Crippen LogP contribution in [0.2, 0.25) is 0 Å². The van der Waals surface area contributed by atoms with E-state index in [1.54, 1.807) is 29.3 Å². The van der Waals surface area contributed by atoms with Gasteiger partial charge in [-0.3, -0.25) is 4.79 Å². The molecule has 0 radical (unpaired) electrons. The minimum atomic E-state index is -0.236. The molecule has 4 aromatic rings. The Balaban J connectivity index is 1.77. The van der Waals surface area contributed by atoms with E-state index >= 15 is 0 Å². The summed E-state index contributed by atoms with van der Waals surface area (Å²) in [7, 11) is 0. The van der Waals surface area contributed by atoms with E-state index in [1.165, 1.54) is 18.6 Å². The zero-order valence-electron chi connectivity index (χ0n) is 16.9. The summed E-state index contributed by atoms with van der Waals surface area (Å²) in [6, 6.07) is 16.8. The molecule has 0 aliphatic rings. The summed E-state index contributed by atoms with van der Waals surface area (Å²) in [5.41, 5.74) is 10.4. The van der Waals surface area contributed by atoms with E-state index in [2.05, 4.69) is 20.1 Å². The van der Waals surface area contributed by atoms with E-state index in [0.717, 1.165) is 22.4 Å². The Morgan fingerprint density at radius 2 is 1.81 bits per heavy atom. The lowest BCUT2D eigenvalue weighted by Crippen LogP contribution is -2.20. The molecule has 7 heteroatoms. The van der Waals surface area contributed by atoms with Crippen LogP contribution < -0.4 is 11.2 Å². The Morgan fingerprint density at radius 3 is 2.52 bits per heavy atom. The van der Waals surface area contributed by atoms with Gasteiger partial charge in [-0.05, 0) is 54.6 Å². The van der Waals surface area contributed by atoms with Gasteiger partial charge in [0.25, 0.3) is 0 Å². The Morgan fingerprint density at radius 1 is 1.03 bits per heavy atom. The van der Waals surface area contributed by atoms with Gasteiger partial charge in [-0.15, -0.1) is 0 Å². The largest absolute Gasteiger partial charge is 0.405 e. The molecular formula is C24H20N6O. The molecule has 2 N–H and O–H groups in total. The third kappa shape index (κ3) is 4.45. The lowest BCUT2D eigenvalue weighted by molar-refractivity contribution is 0.823. The maximum atomic E-state index is 12.6. The monoisotopic (exact) mass is 408 g/mol.